The van der Waals surface area contributed by atoms with Gasteiger partial charge in [0.1, 0.15) is 16.5 Å². The van der Waals surface area contributed by atoms with Crippen LogP contribution in [0.3, 0.4) is 0 Å². The highest BCUT2D eigenvalue weighted by atomic mass is 32.2. The van der Waals surface area contributed by atoms with Gasteiger partial charge < -0.3 is 14.5 Å². The zero-order valence-corrected chi connectivity index (χ0v) is 19.2. The van der Waals surface area contributed by atoms with Crippen molar-refractivity contribution in [2.24, 2.45) is 0 Å². The molecular formula is C22H26N4O2S2. The highest BCUT2D eigenvalue weighted by Crippen LogP contribution is 2.35. The Morgan fingerprint density at radius 2 is 1.93 bits per heavy atom. The molecule has 0 N–H and O–H groups in total. The second-order valence-corrected chi connectivity index (χ2v) is 9.63. The number of hydrogen-bond donors (Lipinski definition) is 0. The normalized spacial score (nSPS) is 14.3. The first-order valence-corrected chi connectivity index (χ1v) is 11.8. The van der Waals surface area contributed by atoms with Crippen LogP contribution in [0.4, 0.5) is 5.82 Å². The molecule has 1 saturated heterocycles. The third-order valence-corrected chi connectivity index (χ3v) is 7.37. The van der Waals surface area contributed by atoms with Gasteiger partial charge in [0.2, 0.25) is 5.91 Å². The topological polar surface area (TPSA) is 58.6 Å². The highest BCUT2D eigenvalue weighted by molar-refractivity contribution is 7.98. The van der Waals surface area contributed by atoms with Crippen molar-refractivity contribution in [1.82, 2.24) is 14.9 Å². The Balaban J connectivity index is 1.60. The number of thioether (sulfide) groups is 1. The largest absolute Gasteiger partial charge is 0.378 e. The maximum atomic E-state index is 12.8. The van der Waals surface area contributed by atoms with Crippen LogP contribution in [0.1, 0.15) is 16.3 Å². The molecule has 0 atom stereocenters. The summed E-state index contributed by atoms with van der Waals surface area (Å²) in [4.78, 5) is 29.8. The SMILES string of the molecule is Cc1sc2nc(CSc3ccccc3)nc(N(C)CC(=O)N3CCOCC3)c2c1C. The second-order valence-electron chi connectivity index (χ2n) is 7.38. The Hall–Kier alpha value is -2.16. The Bertz CT molecular complexity index is 1030. The minimum atomic E-state index is 0.109. The number of ether oxygens (including phenoxy) is 1. The van der Waals surface area contributed by atoms with Crippen LogP contribution >= 0.6 is 23.1 Å². The number of morpholine rings is 1. The number of likely N-dealkylation sites (N-methyl/N-ethyl adjacent to an activating group) is 1. The molecule has 1 aliphatic rings. The van der Waals surface area contributed by atoms with Gasteiger partial charge in [-0.3, -0.25) is 4.79 Å². The smallest absolute Gasteiger partial charge is 0.242 e. The predicted molar refractivity (Wildman–Crippen MR) is 124 cm³/mol. The van der Waals surface area contributed by atoms with E-state index in [1.54, 1.807) is 23.1 Å². The first-order chi connectivity index (χ1) is 14.5. The summed E-state index contributed by atoms with van der Waals surface area (Å²) in [5, 5.41) is 1.06. The molecule has 0 aliphatic carbocycles. The molecule has 0 spiro atoms. The number of anilines is 1. The minimum Gasteiger partial charge on any atom is -0.378 e. The molecule has 0 unspecified atom stereocenters. The third kappa shape index (κ3) is 4.61. The number of amides is 1. The first-order valence-electron chi connectivity index (χ1n) is 10.0. The number of rotatable bonds is 6. The number of carbonyl (C=O) groups excluding carboxylic acids is 1. The average molecular weight is 443 g/mol. The monoisotopic (exact) mass is 442 g/mol. The molecule has 3 aromatic rings. The van der Waals surface area contributed by atoms with Crippen LogP contribution < -0.4 is 4.90 Å². The van der Waals surface area contributed by atoms with E-state index >= 15 is 0 Å². The van der Waals surface area contributed by atoms with Gasteiger partial charge in [0, 0.05) is 29.9 Å². The maximum absolute atomic E-state index is 12.8. The summed E-state index contributed by atoms with van der Waals surface area (Å²) in [7, 11) is 1.95. The van der Waals surface area contributed by atoms with E-state index in [9.17, 15) is 4.79 Å². The van der Waals surface area contributed by atoms with Crippen LogP contribution in [0.5, 0.6) is 0 Å². The summed E-state index contributed by atoms with van der Waals surface area (Å²) < 4.78 is 5.37. The number of benzene rings is 1. The number of carbonyl (C=O) groups is 1. The molecule has 158 valence electrons. The molecule has 3 heterocycles. The third-order valence-electron chi connectivity index (χ3n) is 5.26. The Labute approximate surface area is 185 Å². The molecule has 1 aliphatic heterocycles. The predicted octanol–water partition coefficient (Wildman–Crippen LogP) is 3.90. The lowest BCUT2D eigenvalue weighted by Gasteiger charge is -2.29. The van der Waals surface area contributed by atoms with Crippen molar-refractivity contribution >= 4 is 45.0 Å². The van der Waals surface area contributed by atoms with Crippen molar-refractivity contribution in [3.63, 3.8) is 0 Å². The van der Waals surface area contributed by atoms with Crippen LogP contribution in [0.2, 0.25) is 0 Å². The summed E-state index contributed by atoms with van der Waals surface area (Å²) in [6.45, 7) is 7.04. The van der Waals surface area contributed by atoms with E-state index in [0.717, 1.165) is 21.9 Å². The molecule has 8 heteroatoms. The van der Waals surface area contributed by atoms with E-state index in [4.69, 9.17) is 14.7 Å². The lowest BCUT2D eigenvalue weighted by molar-refractivity contribution is -0.133. The number of hydrogen-bond acceptors (Lipinski definition) is 7. The van der Waals surface area contributed by atoms with Gasteiger partial charge in [-0.05, 0) is 31.5 Å². The van der Waals surface area contributed by atoms with E-state index in [0.29, 0.717) is 38.6 Å². The fraction of sp³-hybridized carbons (Fsp3) is 0.409. The molecule has 4 rings (SSSR count). The molecule has 1 fully saturated rings. The number of aryl methyl sites for hydroxylation is 2. The van der Waals surface area contributed by atoms with E-state index < -0.39 is 0 Å². The van der Waals surface area contributed by atoms with E-state index in [-0.39, 0.29) is 5.91 Å². The van der Waals surface area contributed by atoms with Crippen molar-refractivity contribution in [2.45, 2.75) is 24.5 Å². The van der Waals surface area contributed by atoms with Crippen molar-refractivity contribution in [2.75, 3.05) is 44.8 Å². The van der Waals surface area contributed by atoms with E-state index in [2.05, 4.69) is 26.0 Å². The minimum absolute atomic E-state index is 0.109. The second kappa shape index (κ2) is 9.32. The van der Waals surface area contributed by atoms with Crippen LogP contribution in [0, 0.1) is 13.8 Å². The molecular weight excluding hydrogens is 416 g/mol. The van der Waals surface area contributed by atoms with E-state index in [1.165, 1.54) is 15.3 Å². The van der Waals surface area contributed by atoms with Crippen LogP contribution in [-0.2, 0) is 15.3 Å². The van der Waals surface area contributed by atoms with Crippen molar-refractivity contribution in [3.8, 4) is 0 Å². The molecule has 0 radical (unpaired) electrons. The Morgan fingerprint density at radius 1 is 1.20 bits per heavy atom. The van der Waals surface area contributed by atoms with Crippen molar-refractivity contribution in [3.05, 3.63) is 46.6 Å². The molecule has 0 bridgehead atoms. The zero-order valence-electron chi connectivity index (χ0n) is 17.6. The van der Waals surface area contributed by atoms with Crippen LogP contribution in [-0.4, -0.2) is 60.7 Å². The quantitative estimate of drug-likeness (QED) is 0.540. The molecule has 2 aromatic heterocycles. The lowest BCUT2D eigenvalue weighted by Crippen LogP contribution is -2.45. The van der Waals surface area contributed by atoms with Crippen molar-refractivity contribution < 1.29 is 9.53 Å². The standard InChI is InChI=1S/C22H26N4O2S2/c1-15-16(2)30-22-20(15)21(25(3)13-19(27)26-9-11-28-12-10-26)23-18(24-22)14-29-17-7-5-4-6-8-17/h4-8H,9-14H2,1-3H3. The first kappa shape index (κ1) is 21.1. The average Bonchev–Trinajstić information content (AvgIpc) is 3.06. The van der Waals surface area contributed by atoms with Gasteiger partial charge in [-0.25, -0.2) is 9.97 Å². The summed E-state index contributed by atoms with van der Waals surface area (Å²) in [5.41, 5.74) is 1.19. The van der Waals surface area contributed by atoms with Gasteiger partial charge in [-0.2, -0.15) is 0 Å². The molecule has 0 saturated carbocycles. The summed E-state index contributed by atoms with van der Waals surface area (Å²) in [6, 6.07) is 10.3. The highest BCUT2D eigenvalue weighted by Gasteiger charge is 2.22. The van der Waals surface area contributed by atoms with E-state index in [1.807, 2.05) is 35.0 Å². The maximum Gasteiger partial charge on any atom is 0.242 e. The number of thiophene rings is 1. The van der Waals surface area contributed by atoms with Gasteiger partial charge in [0.25, 0.3) is 0 Å². The molecule has 30 heavy (non-hydrogen) atoms. The van der Waals surface area contributed by atoms with Gasteiger partial charge in [-0.15, -0.1) is 23.1 Å². The van der Waals surface area contributed by atoms with Gasteiger partial charge >= 0.3 is 0 Å². The molecule has 1 amide bonds. The number of fused-ring (bicyclic) bond motifs is 1. The Morgan fingerprint density at radius 3 is 2.67 bits per heavy atom. The molecule has 1 aromatic carbocycles. The summed E-state index contributed by atoms with van der Waals surface area (Å²) in [5.74, 6) is 2.43. The summed E-state index contributed by atoms with van der Waals surface area (Å²) in [6.07, 6.45) is 0. The Kier molecular flexibility index (Phi) is 6.55. The lowest BCUT2D eigenvalue weighted by atomic mass is 10.2. The zero-order chi connectivity index (χ0) is 21.1. The van der Waals surface area contributed by atoms with Crippen molar-refractivity contribution in [1.29, 1.82) is 0 Å². The van der Waals surface area contributed by atoms with Crippen LogP contribution in [0.15, 0.2) is 35.2 Å². The van der Waals surface area contributed by atoms with Crippen LogP contribution in [0.25, 0.3) is 10.2 Å². The number of nitrogens with zero attached hydrogens (tertiary/aromatic N) is 4. The molecule has 6 nitrogen and oxygen atoms in total. The summed E-state index contributed by atoms with van der Waals surface area (Å²) >= 11 is 3.42. The fourth-order valence-electron chi connectivity index (χ4n) is 3.47. The van der Waals surface area contributed by atoms with Gasteiger partial charge in [0.05, 0.1) is 30.9 Å². The fourth-order valence-corrected chi connectivity index (χ4v) is 5.28. The van der Waals surface area contributed by atoms with Gasteiger partial charge in [0.15, 0.2) is 0 Å². The number of aromatic nitrogens is 2. The van der Waals surface area contributed by atoms with Gasteiger partial charge in [-0.1, -0.05) is 18.2 Å².